The Balaban J connectivity index is 1.32. The molecule has 9 nitrogen and oxygen atoms in total. The smallest absolute Gasteiger partial charge is 0.275 e. The van der Waals surface area contributed by atoms with Crippen molar-refractivity contribution in [2.45, 2.75) is 19.4 Å². The number of anilines is 1. The van der Waals surface area contributed by atoms with Crippen molar-refractivity contribution >= 4 is 34.9 Å². The van der Waals surface area contributed by atoms with E-state index in [9.17, 15) is 14.4 Å². The Labute approximate surface area is 206 Å². The number of likely N-dealkylation sites (tertiary alicyclic amines) is 1. The third-order valence-electron chi connectivity index (χ3n) is 5.85. The molecule has 2 aliphatic heterocycles. The van der Waals surface area contributed by atoms with Crippen molar-refractivity contribution in [2.75, 3.05) is 31.2 Å². The van der Waals surface area contributed by atoms with E-state index in [-0.39, 0.29) is 48.9 Å². The predicted molar refractivity (Wildman–Crippen MR) is 126 cm³/mol. The van der Waals surface area contributed by atoms with Crippen molar-refractivity contribution in [2.24, 2.45) is 0 Å². The Bertz CT molecular complexity index is 1280. The maximum atomic E-state index is 12.8. The molecule has 0 aliphatic carbocycles. The van der Waals surface area contributed by atoms with Gasteiger partial charge in [0.1, 0.15) is 24.3 Å². The number of rotatable bonds is 7. The molecule has 180 valence electrons. The molecule has 0 atom stereocenters. The lowest BCUT2D eigenvalue weighted by molar-refractivity contribution is -0.121. The normalized spacial score (nSPS) is 15.1. The van der Waals surface area contributed by atoms with E-state index in [1.807, 2.05) is 0 Å². The van der Waals surface area contributed by atoms with E-state index in [0.29, 0.717) is 40.9 Å². The number of hydrogen-bond acceptors (Lipinski definition) is 7. The van der Waals surface area contributed by atoms with Crippen LogP contribution >= 0.6 is 11.6 Å². The third-order valence-corrected chi connectivity index (χ3v) is 6.08. The summed E-state index contributed by atoms with van der Waals surface area (Å²) in [5.41, 5.74) is 0.983. The highest BCUT2D eigenvalue weighted by Gasteiger charge is 2.29. The number of carbonyl (C=O) groups is 3. The fourth-order valence-corrected chi connectivity index (χ4v) is 4.22. The van der Waals surface area contributed by atoms with Crippen LogP contribution in [0, 0.1) is 0 Å². The summed E-state index contributed by atoms with van der Waals surface area (Å²) in [7, 11) is 0. The number of ketones is 1. The minimum absolute atomic E-state index is 0.000862. The number of hydrogen-bond donors (Lipinski definition) is 0. The number of halogens is 1. The summed E-state index contributed by atoms with van der Waals surface area (Å²) in [5.74, 6) is 0.376. The van der Waals surface area contributed by atoms with E-state index >= 15 is 0 Å². The summed E-state index contributed by atoms with van der Waals surface area (Å²) in [6, 6.07) is 11.6. The lowest BCUT2D eigenvalue weighted by Crippen LogP contribution is -2.38. The number of ether oxygens (including phenoxy) is 2. The molecule has 0 spiro atoms. The second-order valence-corrected chi connectivity index (χ2v) is 8.68. The molecule has 2 aliphatic rings. The van der Waals surface area contributed by atoms with E-state index < -0.39 is 0 Å². The van der Waals surface area contributed by atoms with Gasteiger partial charge in [0.2, 0.25) is 5.89 Å². The number of aromatic nitrogens is 1. The molecule has 0 N–H and O–H groups in total. The van der Waals surface area contributed by atoms with Gasteiger partial charge in [0.15, 0.2) is 24.7 Å². The van der Waals surface area contributed by atoms with Gasteiger partial charge < -0.3 is 18.8 Å². The average molecular weight is 496 g/mol. The van der Waals surface area contributed by atoms with Crippen LogP contribution in [0.3, 0.4) is 0 Å². The zero-order chi connectivity index (χ0) is 24.4. The monoisotopic (exact) mass is 495 g/mol. The van der Waals surface area contributed by atoms with Crippen molar-refractivity contribution in [3.8, 4) is 11.5 Å². The molecule has 1 fully saturated rings. The number of benzene rings is 2. The summed E-state index contributed by atoms with van der Waals surface area (Å²) in [6.07, 6.45) is 3.26. The van der Waals surface area contributed by atoms with Crippen LogP contribution in [0.4, 0.5) is 5.69 Å². The van der Waals surface area contributed by atoms with Crippen LogP contribution in [0.5, 0.6) is 11.5 Å². The van der Waals surface area contributed by atoms with Gasteiger partial charge >= 0.3 is 0 Å². The molecule has 2 aromatic carbocycles. The first-order chi connectivity index (χ1) is 17.0. The van der Waals surface area contributed by atoms with Crippen LogP contribution in [0.15, 0.2) is 53.1 Å². The Morgan fingerprint density at radius 2 is 1.94 bits per heavy atom. The first-order valence-corrected chi connectivity index (χ1v) is 11.6. The molecule has 5 rings (SSSR count). The molecule has 35 heavy (non-hydrogen) atoms. The van der Waals surface area contributed by atoms with E-state index in [2.05, 4.69) is 4.98 Å². The molecule has 1 aromatic heterocycles. The summed E-state index contributed by atoms with van der Waals surface area (Å²) >= 11 is 5.95. The molecule has 3 heterocycles. The van der Waals surface area contributed by atoms with Crippen LogP contribution in [-0.2, 0) is 11.3 Å². The van der Waals surface area contributed by atoms with Gasteiger partial charge in [-0.25, -0.2) is 4.98 Å². The molecular formula is C25H22ClN3O6. The fraction of sp³-hybridized carbons (Fsp3) is 0.280. The summed E-state index contributed by atoms with van der Waals surface area (Å²) < 4.78 is 16.6. The second-order valence-electron chi connectivity index (χ2n) is 8.25. The summed E-state index contributed by atoms with van der Waals surface area (Å²) in [5, 5.41) is 0.506. The van der Waals surface area contributed by atoms with Crippen LogP contribution in [0.2, 0.25) is 5.02 Å². The van der Waals surface area contributed by atoms with Crippen molar-refractivity contribution in [3.05, 3.63) is 70.9 Å². The van der Waals surface area contributed by atoms with Crippen LogP contribution in [0.1, 0.15) is 39.6 Å². The minimum Gasteiger partial charge on any atom is -0.485 e. The van der Waals surface area contributed by atoms with Crippen LogP contribution in [0.25, 0.3) is 0 Å². The Kier molecular flexibility index (Phi) is 6.41. The zero-order valence-electron chi connectivity index (χ0n) is 18.7. The SMILES string of the molecule is O=C(COc1cccc(Cl)c1)c1ccc2c(c1)N(Cc1nc(C(=O)N3CCCC3)co1)C(=O)CO2. The van der Waals surface area contributed by atoms with Crippen molar-refractivity contribution in [1.29, 1.82) is 0 Å². The Hall–Kier alpha value is -3.85. The van der Waals surface area contributed by atoms with E-state index in [1.54, 1.807) is 47.4 Å². The van der Waals surface area contributed by atoms with Crippen molar-refractivity contribution in [3.63, 3.8) is 0 Å². The van der Waals surface area contributed by atoms with Crippen molar-refractivity contribution in [1.82, 2.24) is 9.88 Å². The number of Topliss-reactive ketones (excluding diaryl/α,β-unsaturated/α-hetero) is 1. The lowest BCUT2D eigenvalue weighted by atomic mass is 10.1. The summed E-state index contributed by atoms with van der Waals surface area (Å²) in [4.78, 5) is 45.5. The standard InChI is InChI=1S/C25H22ClN3O6/c26-17-4-3-5-18(11-17)33-14-21(30)16-6-7-22-20(10-16)29(24(31)15-34-22)12-23-27-19(13-35-23)25(32)28-8-1-2-9-28/h3-7,10-11,13H,1-2,8-9,12,14-15H2. The van der Waals surface area contributed by atoms with Gasteiger partial charge in [-0.05, 0) is 49.2 Å². The highest BCUT2D eigenvalue weighted by molar-refractivity contribution is 6.30. The topological polar surface area (TPSA) is 102 Å². The highest BCUT2D eigenvalue weighted by Crippen LogP contribution is 2.34. The minimum atomic E-state index is -0.317. The van der Waals surface area contributed by atoms with E-state index in [0.717, 1.165) is 12.8 Å². The molecular weight excluding hydrogens is 474 g/mol. The Morgan fingerprint density at radius 1 is 1.11 bits per heavy atom. The number of oxazole rings is 1. The van der Waals surface area contributed by atoms with Gasteiger partial charge in [0.25, 0.3) is 11.8 Å². The van der Waals surface area contributed by atoms with Gasteiger partial charge in [-0.1, -0.05) is 17.7 Å². The largest absolute Gasteiger partial charge is 0.485 e. The number of amides is 2. The average Bonchev–Trinajstić information content (AvgIpc) is 3.56. The van der Waals surface area contributed by atoms with Gasteiger partial charge in [-0.3, -0.25) is 19.3 Å². The second kappa shape index (κ2) is 9.79. The molecule has 2 amide bonds. The van der Waals surface area contributed by atoms with Crippen LogP contribution in [-0.4, -0.2) is 53.8 Å². The number of carbonyl (C=O) groups excluding carboxylic acids is 3. The van der Waals surface area contributed by atoms with E-state index in [1.165, 1.54) is 11.2 Å². The van der Waals surface area contributed by atoms with Crippen molar-refractivity contribution < 1.29 is 28.3 Å². The molecule has 3 aromatic rings. The quantitative estimate of drug-likeness (QED) is 0.460. The molecule has 0 unspecified atom stereocenters. The first-order valence-electron chi connectivity index (χ1n) is 11.2. The summed E-state index contributed by atoms with van der Waals surface area (Å²) in [6.45, 7) is 1.05. The number of nitrogens with zero attached hydrogens (tertiary/aromatic N) is 3. The van der Waals surface area contributed by atoms with E-state index in [4.69, 9.17) is 25.5 Å². The maximum absolute atomic E-state index is 12.8. The first kappa shape index (κ1) is 22.9. The lowest BCUT2D eigenvalue weighted by Gasteiger charge is -2.28. The highest BCUT2D eigenvalue weighted by atomic mass is 35.5. The predicted octanol–water partition coefficient (Wildman–Crippen LogP) is 3.75. The molecule has 0 bridgehead atoms. The van der Waals surface area contributed by atoms with Gasteiger partial charge in [-0.15, -0.1) is 0 Å². The van der Waals surface area contributed by atoms with Gasteiger partial charge in [-0.2, -0.15) is 0 Å². The van der Waals surface area contributed by atoms with Gasteiger partial charge in [0.05, 0.1) is 5.69 Å². The van der Waals surface area contributed by atoms with Gasteiger partial charge in [0, 0.05) is 23.7 Å². The van der Waals surface area contributed by atoms with Crippen LogP contribution < -0.4 is 14.4 Å². The zero-order valence-corrected chi connectivity index (χ0v) is 19.5. The molecule has 0 radical (unpaired) electrons. The molecule has 0 saturated carbocycles. The Morgan fingerprint density at radius 3 is 2.74 bits per heavy atom. The fourth-order valence-electron chi connectivity index (χ4n) is 4.04. The maximum Gasteiger partial charge on any atom is 0.275 e. The molecule has 10 heteroatoms. The third kappa shape index (κ3) is 5.00. The molecule has 1 saturated heterocycles. The number of fused-ring (bicyclic) bond motifs is 1.